The summed E-state index contributed by atoms with van der Waals surface area (Å²) in [5.41, 5.74) is 5.15. The van der Waals surface area contributed by atoms with Crippen LogP contribution in [0.3, 0.4) is 0 Å². The zero-order valence-electron chi connectivity index (χ0n) is 13.8. The molecule has 0 N–H and O–H groups in total. The van der Waals surface area contributed by atoms with Gasteiger partial charge in [0.05, 0.1) is 0 Å². The van der Waals surface area contributed by atoms with Crippen LogP contribution < -0.4 is 0 Å². The first-order chi connectivity index (χ1) is 11.1. The minimum absolute atomic E-state index is 0.0223. The van der Waals surface area contributed by atoms with Crippen molar-refractivity contribution in [3.63, 3.8) is 0 Å². The summed E-state index contributed by atoms with van der Waals surface area (Å²) in [6.45, 7) is 11.4. The molecule has 1 heteroatoms. The van der Waals surface area contributed by atoms with E-state index in [9.17, 15) is 4.79 Å². The van der Waals surface area contributed by atoms with E-state index in [4.69, 9.17) is 0 Å². The number of hydrogen-bond acceptors (Lipinski definition) is 1. The van der Waals surface area contributed by atoms with Crippen LogP contribution in [0.15, 0.2) is 79.9 Å². The fraction of sp³-hybridized carbons (Fsp3) is 0.136. The van der Waals surface area contributed by atoms with Crippen molar-refractivity contribution < 1.29 is 4.79 Å². The van der Waals surface area contributed by atoms with Gasteiger partial charge in [-0.2, -0.15) is 0 Å². The lowest BCUT2D eigenvalue weighted by Gasteiger charge is -2.07. The Hall–Kier alpha value is -2.67. The van der Waals surface area contributed by atoms with E-state index < -0.39 is 0 Å². The Morgan fingerprint density at radius 1 is 0.870 bits per heavy atom. The summed E-state index contributed by atoms with van der Waals surface area (Å²) >= 11 is 0. The Morgan fingerprint density at radius 3 is 1.74 bits per heavy atom. The van der Waals surface area contributed by atoms with E-state index in [0.717, 1.165) is 27.8 Å². The first-order valence-electron chi connectivity index (χ1n) is 7.77. The lowest BCUT2D eigenvalue weighted by atomic mass is 9.96. The third-order valence-corrected chi connectivity index (χ3v) is 3.76. The van der Waals surface area contributed by atoms with Crippen molar-refractivity contribution in [1.82, 2.24) is 0 Å². The molecule has 2 aromatic carbocycles. The molecule has 2 aromatic rings. The number of rotatable bonds is 6. The molecule has 0 saturated carbocycles. The van der Waals surface area contributed by atoms with E-state index in [2.05, 4.69) is 37.4 Å². The minimum Gasteiger partial charge on any atom is -0.294 e. The van der Waals surface area contributed by atoms with Gasteiger partial charge in [-0.05, 0) is 22.3 Å². The standard InChI is InChI=1S/C22H22O/c1-5-7-17(6-2)18-8-10-19(11-9-18)20-12-14-21(15-13-20)22(23)16(3)4/h5-16H,1-2H2,3-4H3/b17-7+. The molecule has 0 spiro atoms. The topological polar surface area (TPSA) is 17.1 Å². The molecule has 0 saturated heterocycles. The zero-order valence-corrected chi connectivity index (χ0v) is 13.8. The fourth-order valence-corrected chi connectivity index (χ4v) is 2.42. The highest BCUT2D eigenvalue weighted by atomic mass is 16.1. The summed E-state index contributed by atoms with van der Waals surface area (Å²) in [6, 6.07) is 16.1. The van der Waals surface area contributed by atoms with E-state index in [1.54, 1.807) is 6.08 Å². The van der Waals surface area contributed by atoms with Crippen LogP contribution in [0.25, 0.3) is 16.7 Å². The summed E-state index contributed by atoms with van der Waals surface area (Å²) in [4.78, 5) is 12.0. The Kier molecular flexibility index (Phi) is 5.48. The second kappa shape index (κ2) is 7.55. The number of carbonyl (C=O) groups excluding carboxylic acids is 1. The van der Waals surface area contributed by atoms with Crippen molar-refractivity contribution in [1.29, 1.82) is 0 Å². The van der Waals surface area contributed by atoms with Crippen LogP contribution >= 0.6 is 0 Å². The number of Topliss-reactive ketones (excluding diaryl/α,β-unsaturated/α-hetero) is 1. The van der Waals surface area contributed by atoms with Gasteiger partial charge in [0.25, 0.3) is 0 Å². The molecular weight excluding hydrogens is 280 g/mol. The molecule has 116 valence electrons. The van der Waals surface area contributed by atoms with Gasteiger partial charge in [0.1, 0.15) is 0 Å². The molecule has 0 aliphatic rings. The van der Waals surface area contributed by atoms with Gasteiger partial charge in [-0.25, -0.2) is 0 Å². The van der Waals surface area contributed by atoms with E-state index >= 15 is 0 Å². The highest BCUT2D eigenvalue weighted by molar-refractivity contribution is 5.97. The summed E-state index contributed by atoms with van der Waals surface area (Å²) in [5, 5.41) is 0. The monoisotopic (exact) mass is 302 g/mol. The van der Waals surface area contributed by atoms with Crippen molar-refractivity contribution in [2.75, 3.05) is 0 Å². The van der Waals surface area contributed by atoms with Gasteiger partial charge in [-0.15, -0.1) is 0 Å². The molecule has 0 amide bonds. The van der Waals surface area contributed by atoms with Crippen molar-refractivity contribution >= 4 is 11.4 Å². The molecule has 0 aromatic heterocycles. The Bertz CT molecular complexity index is 729. The molecule has 0 aliphatic heterocycles. The maximum absolute atomic E-state index is 12.0. The average Bonchev–Trinajstić information content (AvgIpc) is 2.59. The van der Waals surface area contributed by atoms with E-state index in [0.29, 0.717) is 0 Å². The van der Waals surface area contributed by atoms with Crippen molar-refractivity contribution in [2.24, 2.45) is 5.92 Å². The van der Waals surface area contributed by atoms with Gasteiger partial charge in [-0.3, -0.25) is 4.79 Å². The van der Waals surface area contributed by atoms with Gasteiger partial charge >= 0.3 is 0 Å². The maximum atomic E-state index is 12.0. The quantitative estimate of drug-likeness (QED) is 0.476. The van der Waals surface area contributed by atoms with Crippen molar-refractivity contribution in [2.45, 2.75) is 13.8 Å². The third-order valence-electron chi connectivity index (χ3n) is 3.76. The van der Waals surface area contributed by atoms with Crippen LogP contribution in [0.1, 0.15) is 29.8 Å². The summed E-state index contributed by atoms with van der Waals surface area (Å²) in [5.74, 6) is 0.200. The molecule has 0 atom stereocenters. The lowest BCUT2D eigenvalue weighted by Crippen LogP contribution is -2.06. The van der Waals surface area contributed by atoms with E-state index in [1.807, 2.05) is 50.3 Å². The summed E-state index contributed by atoms with van der Waals surface area (Å²) < 4.78 is 0. The molecule has 0 unspecified atom stereocenters. The predicted octanol–water partition coefficient (Wildman–Crippen LogP) is 5.95. The number of ketones is 1. The molecule has 0 heterocycles. The smallest absolute Gasteiger partial charge is 0.165 e. The van der Waals surface area contributed by atoms with Gasteiger partial charge in [0.15, 0.2) is 5.78 Å². The highest BCUT2D eigenvalue weighted by Gasteiger charge is 2.10. The Labute approximate surface area is 138 Å². The van der Waals surface area contributed by atoms with E-state index in [1.165, 1.54) is 0 Å². The first-order valence-corrected chi connectivity index (χ1v) is 7.77. The average molecular weight is 302 g/mol. The molecular formula is C22H22O. The van der Waals surface area contributed by atoms with E-state index in [-0.39, 0.29) is 11.7 Å². The molecule has 2 rings (SSSR count). The molecule has 23 heavy (non-hydrogen) atoms. The normalized spacial score (nSPS) is 11.3. The maximum Gasteiger partial charge on any atom is 0.165 e. The largest absolute Gasteiger partial charge is 0.294 e. The van der Waals surface area contributed by atoms with Gasteiger partial charge in [-0.1, -0.05) is 93.8 Å². The first kappa shape index (κ1) is 16.7. The Balaban J connectivity index is 2.26. The van der Waals surface area contributed by atoms with Crippen LogP contribution in [-0.2, 0) is 0 Å². The Morgan fingerprint density at radius 2 is 1.35 bits per heavy atom. The molecule has 0 radical (unpaired) electrons. The molecule has 0 bridgehead atoms. The third kappa shape index (κ3) is 3.95. The number of allylic oxidation sites excluding steroid dienone is 4. The molecule has 0 fully saturated rings. The van der Waals surface area contributed by atoms with Gasteiger partial charge in [0.2, 0.25) is 0 Å². The van der Waals surface area contributed by atoms with Crippen molar-refractivity contribution in [3.8, 4) is 11.1 Å². The number of hydrogen-bond donors (Lipinski definition) is 0. The lowest BCUT2D eigenvalue weighted by molar-refractivity contribution is 0.0939. The van der Waals surface area contributed by atoms with Crippen LogP contribution in [0.2, 0.25) is 0 Å². The second-order valence-corrected chi connectivity index (χ2v) is 5.74. The fourth-order valence-electron chi connectivity index (χ4n) is 2.42. The second-order valence-electron chi connectivity index (χ2n) is 5.74. The van der Waals surface area contributed by atoms with Gasteiger partial charge in [0, 0.05) is 11.5 Å². The number of carbonyl (C=O) groups is 1. The highest BCUT2D eigenvalue weighted by Crippen LogP contribution is 2.24. The minimum atomic E-state index is 0.0223. The van der Waals surface area contributed by atoms with Crippen LogP contribution in [-0.4, -0.2) is 5.78 Å². The number of benzene rings is 2. The van der Waals surface area contributed by atoms with Crippen molar-refractivity contribution in [3.05, 3.63) is 91.0 Å². The van der Waals surface area contributed by atoms with Crippen LogP contribution in [0.5, 0.6) is 0 Å². The summed E-state index contributed by atoms with van der Waals surface area (Å²) in [6.07, 6.45) is 5.52. The van der Waals surface area contributed by atoms with Crippen LogP contribution in [0.4, 0.5) is 0 Å². The zero-order chi connectivity index (χ0) is 16.8. The SMILES string of the molecule is C=C/C=C(\C=C)c1ccc(-c2ccc(C(=O)C(C)C)cc2)cc1. The molecule has 0 aliphatic carbocycles. The molecule has 1 nitrogen and oxygen atoms in total. The van der Waals surface area contributed by atoms with Crippen LogP contribution in [0, 0.1) is 5.92 Å². The summed E-state index contributed by atoms with van der Waals surface area (Å²) in [7, 11) is 0. The van der Waals surface area contributed by atoms with Gasteiger partial charge < -0.3 is 0 Å². The predicted molar refractivity (Wildman–Crippen MR) is 99.4 cm³/mol.